The Morgan fingerprint density at radius 2 is 1.70 bits per heavy atom. The normalized spacial score (nSPS) is 23.9. The molecule has 1 aromatic heterocycles. The fourth-order valence-electron chi connectivity index (χ4n) is 5.96. The third-order valence-electron chi connectivity index (χ3n) is 8.16. The van der Waals surface area contributed by atoms with Crippen LogP contribution in [0, 0.1) is 5.82 Å². The number of alkyl halides is 3. The van der Waals surface area contributed by atoms with E-state index >= 15 is 0 Å². The maximum atomic E-state index is 12.5. The van der Waals surface area contributed by atoms with Crippen molar-refractivity contribution >= 4 is 12.2 Å². The number of amides is 1. The van der Waals surface area contributed by atoms with Crippen LogP contribution in [0.5, 0.6) is 0 Å². The van der Waals surface area contributed by atoms with Gasteiger partial charge >= 0.3 is 6.18 Å². The number of aliphatic hydroxyl groups is 2. The zero-order valence-electron chi connectivity index (χ0n) is 24.9. The number of carbonyl (C=O) groups is 2. The van der Waals surface area contributed by atoms with E-state index in [1.165, 1.54) is 24.4 Å². The minimum atomic E-state index is -4.38. The summed E-state index contributed by atoms with van der Waals surface area (Å²) in [7, 11) is 1.83. The Hall–Kier alpha value is -2.93. The zero-order chi connectivity index (χ0) is 31.8. The van der Waals surface area contributed by atoms with Crippen LogP contribution in [-0.2, 0) is 16.6 Å². The van der Waals surface area contributed by atoms with E-state index < -0.39 is 23.2 Å². The largest absolute Gasteiger partial charge is 0.416 e. The summed E-state index contributed by atoms with van der Waals surface area (Å²) in [6.07, 6.45) is 4.86. The summed E-state index contributed by atoms with van der Waals surface area (Å²) in [5, 5.41) is 22.0. The number of nitrogens with zero attached hydrogens (tertiary/aromatic N) is 3. The standard InChI is InChI=1S/C15H27N3O2.C8H5F3O.C8H10FNO/c1-16-10-15(20)18-9-7-13-14(18)6-8-17(13)11-2-4-12(19)5-3-11;9-8(10,11)7-3-1-2-6(4-7)5-12;1-8(2,11)6-3-7(9)5-10-4-6/h11-14,16,19H,2-10H2,1H3;1-5H;3-5,11H,1-2H3. The maximum absolute atomic E-state index is 12.5. The van der Waals surface area contributed by atoms with Crippen LogP contribution in [0.2, 0.25) is 0 Å². The van der Waals surface area contributed by atoms with E-state index in [2.05, 4.69) is 20.1 Å². The van der Waals surface area contributed by atoms with Crippen molar-refractivity contribution in [3.05, 3.63) is 65.2 Å². The molecule has 0 bridgehead atoms. The van der Waals surface area contributed by atoms with Crippen LogP contribution in [0.25, 0.3) is 0 Å². The van der Waals surface area contributed by atoms with Crippen LogP contribution in [-0.4, -0.2) is 88.1 Å². The predicted molar refractivity (Wildman–Crippen MR) is 154 cm³/mol. The number of likely N-dealkylation sites (N-methyl/N-ethyl adjacent to an activating group) is 1. The van der Waals surface area contributed by atoms with Crippen molar-refractivity contribution in [2.45, 2.75) is 88.4 Å². The summed E-state index contributed by atoms with van der Waals surface area (Å²) in [6.45, 7) is 5.67. The number of fused-ring (bicyclic) bond motifs is 1. The molecule has 12 heteroatoms. The highest BCUT2D eigenvalue weighted by molar-refractivity contribution is 5.79. The third kappa shape index (κ3) is 9.79. The van der Waals surface area contributed by atoms with Crippen LogP contribution in [0.3, 0.4) is 0 Å². The van der Waals surface area contributed by atoms with Gasteiger partial charge in [-0.25, -0.2) is 4.39 Å². The SMILES string of the molecule is CC(C)(O)c1cncc(F)c1.CNCC(=O)N1CCC2C1CCN2C1CCC(O)CC1.O=Cc1cccc(C(F)(F)F)c1. The lowest BCUT2D eigenvalue weighted by atomic mass is 9.91. The number of carbonyl (C=O) groups excluding carboxylic acids is 2. The van der Waals surface area contributed by atoms with E-state index in [0.29, 0.717) is 36.5 Å². The number of hydrogen-bond donors (Lipinski definition) is 3. The number of pyridine rings is 1. The van der Waals surface area contributed by atoms with Gasteiger partial charge in [0.1, 0.15) is 12.1 Å². The highest BCUT2D eigenvalue weighted by atomic mass is 19.4. The number of likely N-dealkylation sites (tertiary alicyclic amines) is 2. The molecule has 8 nitrogen and oxygen atoms in total. The van der Waals surface area contributed by atoms with Gasteiger partial charge in [-0.05, 0) is 77.6 Å². The van der Waals surface area contributed by atoms with Crippen molar-refractivity contribution in [2.24, 2.45) is 0 Å². The van der Waals surface area contributed by atoms with Crippen molar-refractivity contribution in [1.29, 1.82) is 0 Å². The van der Waals surface area contributed by atoms with E-state index in [-0.39, 0.29) is 17.6 Å². The van der Waals surface area contributed by atoms with Gasteiger partial charge in [0.15, 0.2) is 0 Å². The summed E-state index contributed by atoms with van der Waals surface area (Å²) in [5.74, 6) is -0.175. The van der Waals surface area contributed by atoms with Crippen molar-refractivity contribution in [2.75, 3.05) is 26.7 Å². The maximum Gasteiger partial charge on any atom is 0.416 e. The highest BCUT2D eigenvalue weighted by Gasteiger charge is 2.46. The van der Waals surface area contributed by atoms with E-state index in [4.69, 9.17) is 0 Å². The summed E-state index contributed by atoms with van der Waals surface area (Å²) in [5.41, 5.74) is -1.30. The molecule has 3 heterocycles. The molecule has 2 aliphatic heterocycles. The molecule has 0 radical (unpaired) electrons. The Kier molecular flexibility index (Phi) is 12.2. The molecular formula is C31H42F4N4O4. The highest BCUT2D eigenvalue weighted by Crippen LogP contribution is 2.36. The van der Waals surface area contributed by atoms with Crippen molar-refractivity contribution in [3.63, 3.8) is 0 Å². The lowest BCUT2D eigenvalue weighted by Gasteiger charge is -2.36. The molecule has 1 amide bonds. The summed E-state index contributed by atoms with van der Waals surface area (Å²) < 4.78 is 48.5. The zero-order valence-corrected chi connectivity index (χ0v) is 24.9. The molecule has 1 aromatic carbocycles. The molecule has 1 saturated carbocycles. The van der Waals surface area contributed by atoms with Gasteiger partial charge in [-0.3, -0.25) is 19.5 Å². The fourth-order valence-corrected chi connectivity index (χ4v) is 5.96. The second-order valence-corrected chi connectivity index (χ2v) is 11.7. The molecule has 0 spiro atoms. The number of aldehydes is 1. The first kappa shape index (κ1) is 34.6. The number of aliphatic hydroxyl groups excluding tert-OH is 1. The molecule has 238 valence electrons. The summed E-state index contributed by atoms with van der Waals surface area (Å²) in [4.78, 5) is 30.6. The molecule has 5 rings (SSSR count). The summed E-state index contributed by atoms with van der Waals surface area (Å²) in [6, 6.07) is 7.16. The van der Waals surface area contributed by atoms with Crippen molar-refractivity contribution < 1.29 is 37.4 Å². The van der Waals surface area contributed by atoms with Gasteiger partial charge in [-0.1, -0.05) is 12.1 Å². The van der Waals surface area contributed by atoms with E-state index in [1.807, 2.05) is 7.05 Å². The molecule has 3 fully saturated rings. The number of aromatic nitrogens is 1. The number of benzene rings is 1. The van der Waals surface area contributed by atoms with Crippen LogP contribution < -0.4 is 5.32 Å². The van der Waals surface area contributed by atoms with Crippen LogP contribution >= 0.6 is 0 Å². The molecular weight excluding hydrogens is 568 g/mol. The Morgan fingerprint density at radius 1 is 1.02 bits per heavy atom. The number of hydrogen-bond acceptors (Lipinski definition) is 7. The first-order chi connectivity index (χ1) is 20.2. The van der Waals surface area contributed by atoms with Crippen LogP contribution in [0.4, 0.5) is 17.6 Å². The monoisotopic (exact) mass is 610 g/mol. The molecule has 2 unspecified atom stereocenters. The Balaban J connectivity index is 0.000000190. The van der Waals surface area contributed by atoms with Crippen LogP contribution in [0.1, 0.15) is 73.9 Å². The topological polar surface area (TPSA) is 106 Å². The lowest BCUT2D eigenvalue weighted by molar-refractivity contribution is -0.137. The predicted octanol–water partition coefficient (Wildman–Crippen LogP) is 4.15. The molecule has 3 aliphatic rings. The van der Waals surface area contributed by atoms with E-state index in [1.54, 1.807) is 13.8 Å². The molecule has 43 heavy (non-hydrogen) atoms. The quantitative estimate of drug-likeness (QED) is 0.345. The average molecular weight is 611 g/mol. The minimum Gasteiger partial charge on any atom is -0.393 e. The Bertz CT molecular complexity index is 1200. The fraction of sp³-hybridized carbons (Fsp3) is 0.581. The van der Waals surface area contributed by atoms with Gasteiger partial charge < -0.3 is 20.4 Å². The van der Waals surface area contributed by atoms with Gasteiger partial charge in [0, 0.05) is 48.5 Å². The smallest absolute Gasteiger partial charge is 0.393 e. The van der Waals surface area contributed by atoms with Gasteiger partial charge in [0.2, 0.25) is 5.91 Å². The van der Waals surface area contributed by atoms with Crippen molar-refractivity contribution in [1.82, 2.24) is 20.1 Å². The first-order valence-corrected chi connectivity index (χ1v) is 14.6. The third-order valence-corrected chi connectivity index (χ3v) is 8.16. The van der Waals surface area contributed by atoms with E-state index in [9.17, 15) is 37.4 Å². The lowest BCUT2D eigenvalue weighted by Crippen LogP contribution is -2.46. The Labute approximate surface area is 250 Å². The van der Waals surface area contributed by atoms with Gasteiger partial charge in [0.05, 0.1) is 30.0 Å². The second kappa shape index (κ2) is 15.2. The van der Waals surface area contributed by atoms with Crippen molar-refractivity contribution in [3.8, 4) is 0 Å². The number of rotatable bonds is 5. The van der Waals surface area contributed by atoms with Gasteiger partial charge in [-0.2, -0.15) is 13.2 Å². The summed E-state index contributed by atoms with van der Waals surface area (Å²) >= 11 is 0. The molecule has 3 N–H and O–H groups in total. The second-order valence-electron chi connectivity index (χ2n) is 11.7. The molecule has 1 aliphatic carbocycles. The average Bonchev–Trinajstić information content (AvgIpc) is 3.56. The number of nitrogens with one attached hydrogen (secondary N) is 1. The van der Waals surface area contributed by atoms with Gasteiger partial charge in [-0.15, -0.1) is 0 Å². The number of halogens is 4. The first-order valence-electron chi connectivity index (χ1n) is 14.6. The van der Waals surface area contributed by atoms with E-state index in [0.717, 1.165) is 69.9 Å². The molecule has 2 atom stereocenters. The Morgan fingerprint density at radius 3 is 2.26 bits per heavy atom. The molecule has 2 saturated heterocycles. The van der Waals surface area contributed by atoms with Crippen LogP contribution in [0.15, 0.2) is 42.7 Å². The minimum absolute atomic E-state index is 0.0322. The van der Waals surface area contributed by atoms with Gasteiger partial charge in [0.25, 0.3) is 0 Å². The molecule has 2 aromatic rings.